The van der Waals surface area contributed by atoms with E-state index >= 15 is 0 Å². The van der Waals surface area contributed by atoms with Crippen LogP contribution >= 0.6 is 15.9 Å². The number of hydrogen-bond acceptors (Lipinski definition) is 2. The molecular weight excluding hydrogens is 318 g/mol. The highest BCUT2D eigenvalue weighted by Gasteiger charge is 2.39. The Hall–Kier alpha value is -0.840. The van der Waals surface area contributed by atoms with Crippen LogP contribution in [-0.4, -0.2) is 23.3 Å². The average molecular weight is 338 g/mol. The fraction of sp³-hybridized carbons (Fsp3) is 0.500. The highest BCUT2D eigenvalue weighted by molar-refractivity contribution is 9.10. The Morgan fingerprint density at radius 3 is 3.00 bits per heavy atom. The molecule has 0 amide bonds. The number of ether oxygens (including phenoxy) is 1. The summed E-state index contributed by atoms with van der Waals surface area (Å²) in [5, 5.41) is 10.7. The number of nitrogens with one attached hydrogen (secondary N) is 1. The molecular formula is C16H20BrNO2. The van der Waals surface area contributed by atoms with Crippen molar-refractivity contribution in [3.05, 3.63) is 33.9 Å². The van der Waals surface area contributed by atoms with E-state index in [0.29, 0.717) is 6.42 Å². The second kappa shape index (κ2) is 5.51. The SMILES string of the molecule is CCCC1(CCO)OCCc2c1[nH]c1c(Br)cccc21. The minimum absolute atomic E-state index is 0.149. The van der Waals surface area contributed by atoms with Crippen LogP contribution in [0.25, 0.3) is 10.9 Å². The molecule has 108 valence electrons. The van der Waals surface area contributed by atoms with Crippen LogP contribution in [0.15, 0.2) is 22.7 Å². The van der Waals surface area contributed by atoms with Crippen LogP contribution in [0.5, 0.6) is 0 Å². The van der Waals surface area contributed by atoms with Gasteiger partial charge in [0.1, 0.15) is 5.60 Å². The molecule has 1 aromatic carbocycles. The van der Waals surface area contributed by atoms with E-state index in [1.54, 1.807) is 0 Å². The molecule has 2 N–H and O–H groups in total. The summed E-state index contributed by atoms with van der Waals surface area (Å²) in [7, 11) is 0. The van der Waals surface area contributed by atoms with Crippen molar-refractivity contribution in [1.29, 1.82) is 0 Å². The zero-order chi connectivity index (χ0) is 14.2. The molecule has 2 heterocycles. The number of halogens is 1. The van der Waals surface area contributed by atoms with Gasteiger partial charge in [-0.3, -0.25) is 0 Å². The third-order valence-corrected chi connectivity index (χ3v) is 4.91. The zero-order valence-corrected chi connectivity index (χ0v) is 13.3. The number of aromatic nitrogens is 1. The van der Waals surface area contributed by atoms with E-state index in [2.05, 4.69) is 46.0 Å². The summed E-state index contributed by atoms with van der Waals surface area (Å²) < 4.78 is 7.22. The summed E-state index contributed by atoms with van der Waals surface area (Å²) in [6.07, 6.45) is 3.56. The first-order chi connectivity index (χ1) is 9.72. The van der Waals surface area contributed by atoms with Gasteiger partial charge in [-0.2, -0.15) is 0 Å². The second-order valence-electron chi connectivity index (χ2n) is 5.46. The minimum atomic E-state index is -0.352. The molecule has 0 spiro atoms. The molecule has 0 radical (unpaired) electrons. The maximum Gasteiger partial charge on any atom is 0.110 e. The van der Waals surface area contributed by atoms with Gasteiger partial charge in [0.25, 0.3) is 0 Å². The molecule has 0 saturated heterocycles. The Morgan fingerprint density at radius 2 is 2.25 bits per heavy atom. The van der Waals surface area contributed by atoms with Crippen LogP contribution in [0.2, 0.25) is 0 Å². The number of aromatic amines is 1. The molecule has 1 aliphatic heterocycles. The highest BCUT2D eigenvalue weighted by atomic mass is 79.9. The average Bonchev–Trinajstić information content (AvgIpc) is 2.82. The third-order valence-electron chi connectivity index (χ3n) is 4.25. The van der Waals surface area contributed by atoms with E-state index in [-0.39, 0.29) is 12.2 Å². The smallest absolute Gasteiger partial charge is 0.110 e. The van der Waals surface area contributed by atoms with Gasteiger partial charge >= 0.3 is 0 Å². The largest absolute Gasteiger partial charge is 0.396 e. The lowest BCUT2D eigenvalue weighted by Gasteiger charge is -2.37. The van der Waals surface area contributed by atoms with Gasteiger partial charge in [-0.05, 0) is 40.4 Å². The Balaban J connectivity index is 2.21. The Morgan fingerprint density at radius 1 is 1.40 bits per heavy atom. The van der Waals surface area contributed by atoms with E-state index in [1.807, 2.05) is 0 Å². The number of H-pyrrole nitrogens is 1. The van der Waals surface area contributed by atoms with Crippen LogP contribution in [0, 0.1) is 0 Å². The van der Waals surface area contributed by atoms with Crippen molar-refractivity contribution in [2.45, 2.75) is 38.2 Å². The molecule has 0 bridgehead atoms. The quantitative estimate of drug-likeness (QED) is 0.889. The number of rotatable bonds is 4. The van der Waals surface area contributed by atoms with Crippen LogP contribution in [0.1, 0.15) is 37.4 Å². The molecule has 0 fully saturated rings. The Kier molecular flexibility index (Phi) is 3.89. The van der Waals surface area contributed by atoms with Gasteiger partial charge in [0.15, 0.2) is 0 Å². The third kappa shape index (κ3) is 2.10. The number of fused-ring (bicyclic) bond motifs is 3. The molecule has 1 unspecified atom stereocenters. The molecule has 4 heteroatoms. The number of hydrogen-bond donors (Lipinski definition) is 2. The summed E-state index contributed by atoms with van der Waals surface area (Å²) in [5.74, 6) is 0. The molecule has 3 nitrogen and oxygen atoms in total. The van der Waals surface area contributed by atoms with Crippen LogP contribution in [0.3, 0.4) is 0 Å². The van der Waals surface area contributed by atoms with E-state index in [4.69, 9.17) is 4.74 Å². The van der Waals surface area contributed by atoms with Crippen molar-refractivity contribution in [1.82, 2.24) is 4.98 Å². The standard InChI is InChI=1S/C16H20BrNO2/c1-2-7-16(8-9-19)15-12(6-10-20-16)11-4-3-5-13(17)14(11)18-15/h3-5,18-19H,2,6-10H2,1H3. The lowest BCUT2D eigenvalue weighted by molar-refractivity contribution is -0.0830. The predicted octanol–water partition coefficient (Wildman–Crippen LogP) is 3.88. The summed E-state index contributed by atoms with van der Waals surface area (Å²) >= 11 is 3.62. The molecule has 20 heavy (non-hydrogen) atoms. The molecule has 2 aromatic rings. The number of benzene rings is 1. The van der Waals surface area contributed by atoms with Crippen molar-refractivity contribution in [2.24, 2.45) is 0 Å². The van der Waals surface area contributed by atoms with Gasteiger partial charge in [0, 0.05) is 22.9 Å². The van der Waals surface area contributed by atoms with E-state index in [0.717, 1.165) is 35.9 Å². The summed E-state index contributed by atoms with van der Waals surface area (Å²) in [6.45, 7) is 3.04. The van der Waals surface area contributed by atoms with Crippen molar-refractivity contribution in [3.63, 3.8) is 0 Å². The maximum absolute atomic E-state index is 9.46. The Bertz CT molecular complexity index is 614. The first kappa shape index (κ1) is 14.1. The van der Waals surface area contributed by atoms with E-state index < -0.39 is 0 Å². The molecule has 0 aliphatic carbocycles. The summed E-state index contributed by atoms with van der Waals surface area (Å²) in [5.41, 5.74) is 3.31. The van der Waals surface area contributed by atoms with Gasteiger partial charge in [-0.1, -0.05) is 25.5 Å². The van der Waals surface area contributed by atoms with E-state index in [1.165, 1.54) is 16.6 Å². The van der Waals surface area contributed by atoms with Gasteiger partial charge < -0.3 is 14.8 Å². The van der Waals surface area contributed by atoms with Gasteiger partial charge in [0.05, 0.1) is 17.8 Å². The number of aliphatic hydroxyl groups is 1. The van der Waals surface area contributed by atoms with Crippen molar-refractivity contribution < 1.29 is 9.84 Å². The van der Waals surface area contributed by atoms with Gasteiger partial charge in [-0.25, -0.2) is 0 Å². The fourth-order valence-electron chi connectivity index (χ4n) is 3.41. The predicted molar refractivity (Wildman–Crippen MR) is 83.9 cm³/mol. The molecule has 0 saturated carbocycles. The monoisotopic (exact) mass is 337 g/mol. The number of para-hydroxylation sites is 1. The molecule has 1 aromatic heterocycles. The molecule has 3 rings (SSSR count). The zero-order valence-electron chi connectivity index (χ0n) is 11.7. The van der Waals surface area contributed by atoms with Gasteiger partial charge in [0.2, 0.25) is 0 Å². The van der Waals surface area contributed by atoms with Crippen molar-refractivity contribution in [3.8, 4) is 0 Å². The Labute approximate surface area is 127 Å². The first-order valence-electron chi connectivity index (χ1n) is 7.26. The maximum atomic E-state index is 9.46. The summed E-state index contributed by atoms with van der Waals surface area (Å²) in [4.78, 5) is 3.56. The van der Waals surface area contributed by atoms with Crippen molar-refractivity contribution >= 4 is 26.8 Å². The first-order valence-corrected chi connectivity index (χ1v) is 8.05. The number of aliphatic hydroxyl groups excluding tert-OH is 1. The normalized spacial score (nSPS) is 22.1. The van der Waals surface area contributed by atoms with Crippen molar-refractivity contribution in [2.75, 3.05) is 13.2 Å². The lowest BCUT2D eigenvalue weighted by atomic mass is 9.85. The fourth-order valence-corrected chi connectivity index (χ4v) is 3.88. The summed E-state index contributed by atoms with van der Waals surface area (Å²) in [6, 6.07) is 6.29. The van der Waals surface area contributed by atoms with Crippen LogP contribution in [-0.2, 0) is 16.8 Å². The van der Waals surface area contributed by atoms with Crippen LogP contribution < -0.4 is 0 Å². The molecule has 1 aliphatic rings. The highest BCUT2D eigenvalue weighted by Crippen LogP contribution is 2.43. The van der Waals surface area contributed by atoms with Gasteiger partial charge in [-0.15, -0.1) is 0 Å². The van der Waals surface area contributed by atoms with E-state index in [9.17, 15) is 5.11 Å². The minimum Gasteiger partial charge on any atom is -0.396 e. The topological polar surface area (TPSA) is 45.2 Å². The second-order valence-corrected chi connectivity index (χ2v) is 6.31. The van der Waals surface area contributed by atoms with Crippen LogP contribution in [0.4, 0.5) is 0 Å². The lowest BCUT2D eigenvalue weighted by Crippen LogP contribution is -2.36. The molecule has 1 atom stereocenters.